The first-order valence-corrected chi connectivity index (χ1v) is 11.6. The van der Waals surface area contributed by atoms with Crippen molar-refractivity contribution in [3.8, 4) is 5.75 Å². The van der Waals surface area contributed by atoms with Crippen molar-refractivity contribution >= 4 is 55.4 Å². The Balaban J connectivity index is 1.28. The molecular formula is C21H21Br2NO6. The van der Waals surface area contributed by atoms with Crippen LogP contribution in [-0.4, -0.2) is 58.4 Å². The van der Waals surface area contributed by atoms with Gasteiger partial charge in [0.2, 0.25) is 11.8 Å². The Labute approximate surface area is 190 Å². The number of Topliss-reactive ketones (excluding diaryl/α,β-unsaturated/α-hetero) is 1. The van der Waals surface area contributed by atoms with Gasteiger partial charge in [-0.3, -0.25) is 24.1 Å². The van der Waals surface area contributed by atoms with E-state index in [2.05, 4.69) is 31.9 Å². The number of rotatable bonds is 7. The fourth-order valence-corrected chi connectivity index (χ4v) is 6.79. The molecule has 2 saturated carbocycles. The fraction of sp³-hybridized carbons (Fsp3) is 0.524. The van der Waals surface area contributed by atoms with Crippen molar-refractivity contribution in [1.29, 1.82) is 0 Å². The number of ketones is 1. The lowest BCUT2D eigenvalue weighted by atomic mass is 9.81. The van der Waals surface area contributed by atoms with Crippen molar-refractivity contribution in [3.05, 3.63) is 29.8 Å². The van der Waals surface area contributed by atoms with E-state index in [1.807, 2.05) is 0 Å². The SMILES string of the molecule is COc1ccc(C(=O)COC(=O)CCN2C(=O)[C@H]3[C@@H]4C[C@@H]([C@H](Br)[C@@H]4Br)[C@@H]3C2=O)cc1. The number of hydrogen-bond acceptors (Lipinski definition) is 6. The predicted octanol–water partition coefficient (Wildman–Crippen LogP) is 2.59. The molecule has 4 rings (SSSR count). The van der Waals surface area contributed by atoms with Crippen molar-refractivity contribution in [2.24, 2.45) is 23.7 Å². The van der Waals surface area contributed by atoms with E-state index in [1.165, 1.54) is 12.0 Å². The number of imide groups is 1. The number of carbonyl (C=O) groups excluding carboxylic acids is 4. The smallest absolute Gasteiger partial charge is 0.308 e. The number of likely N-dealkylation sites (tertiary alicyclic amines) is 1. The maximum atomic E-state index is 12.8. The maximum Gasteiger partial charge on any atom is 0.308 e. The van der Waals surface area contributed by atoms with E-state index in [1.54, 1.807) is 24.3 Å². The Bertz CT molecular complexity index is 856. The number of benzene rings is 1. The predicted molar refractivity (Wildman–Crippen MR) is 114 cm³/mol. The molecule has 0 aromatic heterocycles. The summed E-state index contributed by atoms with van der Waals surface area (Å²) in [5, 5.41) is 0. The molecule has 0 spiro atoms. The van der Waals surface area contributed by atoms with Gasteiger partial charge in [0, 0.05) is 21.8 Å². The summed E-state index contributed by atoms with van der Waals surface area (Å²) in [7, 11) is 1.53. The van der Waals surface area contributed by atoms with Crippen molar-refractivity contribution in [2.75, 3.05) is 20.3 Å². The van der Waals surface area contributed by atoms with Gasteiger partial charge >= 0.3 is 5.97 Å². The van der Waals surface area contributed by atoms with Crippen LogP contribution in [0, 0.1) is 23.7 Å². The van der Waals surface area contributed by atoms with E-state index in [0.717, 1.165) is 6.42 Å². The molecule has 1 aromatic rings. The number of ether oxygens (including phenoxy) is 2. The van der Waals surface area contributed by atoms with Gasteiger partial charge in [-0.2, -0.15) is 0 Å². The Hall–Kier alpha value is -1.74. The third-order valence-electron chi connectivity index (χ3n) is 6.39. The fourth-order valence-electron chi connectivity index (χ4n) is 4.91. The second-order valence-corrected chi connectivity index (χ2v) is 10.0. The molecule has 2 bridgehead atoms. The van der Waals surface area contributed by atoms with E-state index in [-0.39, 0.29) is 70.5 Å². The number of fused-ring (bicyclic) bond motifs is 5. The molecule has 1 aromatic carbocycles. The van der Waals surface area contributed by atoms with Gasteiger partial charge in [0.05, 0.1) is 25.4 Å². The van der Waals surface area contributed by atoms with E-state index in [0.29, 0.717) is 11.3 Å². The van der Waals surface area contributed by atoms with Crippen LogP contribution < -0.4 is 4.74 Å². The number of halogens is 2. The van der Waals surface area contributed by atoms with Crippen LogP contribution in [0.4, 0.5) is 0 Å². The summed E-state index contributed by atoms with van der Waals surface area (Å²) < 4.78 is 10.1. The molecule has 3 aliphatic rings. The minimum Gasteiger partial charge on any atom is -0.497 e. The van der Waals surface area contributed by atoms with E-state index in [9.17, 15) is 19.2 Å². The zero-order chi connectivity index (χ0) is 21.6. The molecule has 2 aliphatic carbocycles. The average Bonchev–Trinajstić information content (AvgIpc) is 3.35. The highest BCUT2D eigenvalue weighted by molar-refractivity contribution is 9.12. The number of methoxy groups -OCH3 is 1. The molecule has 6 atom stereocenters. The maximum absolute atomic E-state index is 12.8. The molecule has 1 aliphatic heterocycles. The molecule has 1 heterocycles. The summed E-state index contributed by atoms with van der Waals surface area (Å²) in [6, 6.07) is 6.49. The van der Waals surface area contributed by atoms with Gasteiger partial charge in [0.15, 0.2) is 12.4 Å². The van der Waals surface area contributed by atoms with Crippen LogP contribution in [0.3, 0.4) is 0 Å². The zero-order valence-corrected chi connectivity index (χ0v) is 19.4. The zero-order valence-electron chi connectivity index (χ0n) is 16.3. The summed E-state index contributed by atoms with van der Waals surface area (Å²) in [4.78, 5) is 51.4. The number of alkyl halides is 2. The molecule has 0 radical (unpaired) electrons. The second kappa shape index (κ2) is 8.42. The number of esters is 1. The van der Waals surface area contributed by atoms with Crippen LogP contribution in [0.1, 0.15) is 23.2 Å². The lowest BCUT2D eigenvalue weighted by Gasteiger charge is -2.28. The Morgan fingerprint density at radius 1 is 1.03 bits per heavy atom. The Morgan fingerprint density at radius 3 is 2.13 bits per heavy atom. The highest BCUT2D eigenvalue weighted by Crippen LogP contribution is 2.60. The molecule has 0 unspecified atom stereocenters. The molecule has 30 heavy (non-hydrogen) atoms. The lowest BCUT2D eigenvalue weighted by molar-refractivity contribution is -0.145. The standard InChI is InChI=1S/C21H21Br2NO6/c1-29-11-4-2-10(3-5-11)14(25)9-30-15(26)6-7-24-20(27)16-12-8-13(17(16)21(24)28)19(23)18(12)22/h2-5,12-13,16-19H,6-9H2,1H3/t12-,13+,16-,17-,18+,19-/m0/s1. The molecule has 0 N–H and O–H groups in total. The molecule has 1 saturated heterocycles. The number of nitrogens with zero attached hydrogens (tertiary/aromatic N) is 1. The topological polar surface area (TPSA) is 90.0 Å². The van der Waals surface area contributed by atoms with Gasteiger partial charge in [0.25, 0.3) is 0 Å². The van der Waals surface area contributed by atoms with Crippen LogP contribution >= 0.6 is 31.9 Å². The van der Waals surface area contributed by atoms with E-state index in [4.69, 9.17) is 9.47 Å². The van der Waals surface area contributed by atoms with Crippen molar-refractivity contribution in [3.63, 3.8) is 0 Å². The average molecular weight is 543 g/mol. The molecule has 2 amide bonds. The molecule has 3 fully saturated rings. The molecular weight excluding hydrogens is 522 g/mol. The van der Waals surface area contributed by atoms with Gasteiger partial charge in [0.1, 0.15) is 5.75 Å². The highest BCUT2D eigenvalue weighted by Gasteiger charge is 2.66. The van der Waals surface area contributed by atoms with Crippen LogP contribution in [0.25, 0.3) is 0 Å². The minimum atomic E-state index is -0.616. The third kappa shape index (κ3) is 3.60. The summed E-state index contributed by atoms with van der Waals surface area (Å²) in [5.74, 6) is -1.03. The summed E-state index contributed by atoms with van der Waals surface area (Å²) in [6.45, 7) is -0.404. The molecule has 7 nitrogen and oxygen atoms in total. The Morgan fingerprint density at radius 2 is 1.60 bits per heavy atom. The third-order valence-corrected chi connectivity index (χ3v) is 9.60. The summed E-state index contributed by atoms with van der Waals surface area (Å²) >= 11 is 7.29. The van der Waals surface area contributed by atoms with Crippen molar-refractivity contribution in [2.45, 2.75) is 22.5 Å². The van der Waals surface area contributed by atoms with Gasteiger partial charge in [-0.1, -0.05) is 31.9 Å². The monoisotopic (exact) mass is 541 g/mol. The largest absolute Gasteiger partial charge is 0.497 e. The minimum absolute atomic E-state index is 0.0143. The highest BCUT2D eigenvalue weighted by atomic mass is 79.9. The van der Waals surface area contributed by atoms with Gasteiger partial charge in [-0.25, -0.2) is 0 Å². The normalized spacial score (nSPS) is 31.8. The number of hydrogen-bond donors (Lipinski definition) is 0. The number of carbonyl (C=O) groups is 4. The van der Waals surface area contributed by atoms with Crippen LogP contribution in [0.2, 0.25) is 0 Å². The van der Waals surface area contributed by atoms with Gasteiger partial charge < -0.3 is 9.47 Å². The second-order valence-electron chi connectivity index (χ2n) is 7.89. The summed E-state index contributed by atoms with van der Waals surface area (Å²) in [5.41, 5.74) is 0.408. The summed E-state index contributed by atoms with van der Waals surface area (Å²) in [6.07, 6.45) is 0.736. The molecule has 160 valence electrons. The van der Waals surface area contributed by atoms with E-state index >= 15 is 0 Å². The van der Waals surface area contributed by atoms with Crippen molar-refractivity contribution in [1.82, 2.24) is 4.90 Å². The first-order chi connectivity index (χ1) is 14.3. The van der Waals surface area contributed by atoms with Crippen LogP contribution in [0.5, 0.6) is 5.75 Å². The van der Waals surface area contributed by atoms with E-state index < -0.39 is 5.97 Å². The van der Waals surface area contributed by atoms with Crippen molar-refractivity contribution < 1.29 is 28.7 Å². The first kappa shape index (κ1) is 21.5. The lowest BCUT2D eigenvalue weighted by Crippen LogP contribution is -2.37. The van der Waals surface area contributed by atoms with Crippen LogP contribution in [0.15, 0.2) is 24.3 Å². The Kier molecular flexibility index (Phi) is 6.03. The quantitative estimate of drug-likeness (QED) is 0.228. The number of amides is 2. The molecule has 9 heteroatoms. The van der Waals surface area contributed by atoms with Gasteiger partial charge in [-0.05, 0) is 42.5 Å². The van der Waals surface area contributed by atoms with Gasteiger partial charge in [-0.15, -0.1) is 0 Å². The van der Waals surface area contributed by atoms with Crippen LogP contribution in [-0.2, 0) is 19.1 Å². The first-order valence-electron chi connectivity index (χ1n) is 9.79.